The molecule has 1 heterocycles. The number of carbonyl (C=O) groups excluding carboxylic acids is 1. The molecule has 0 saturated carbocycles. The van der Waals surface area contributed by atoms with E-state index >= 15 is 0 Å². The molecule has 0 saturated heterocycles. The minimum atomic E-state index is -0.0665. The van der Waals surface area contributed by atoms with Gasteiger partial charge < -0.3 is 10.6 Å². The summed E-state index contributed by atoms with van der Waals surface area (Å²) >= 11 is 0. The third kappa shape index (κ3) is 5.98. The van der Waals surface area contributed by atoms with Crippen LogP contribution in [0.15, 0.2) is 6.07 Å². The summed E-state index contributed by atoms with van der Waals surface area (Å²) in [5.41, 5.74) is 2.15. The summed E-state index contributed by atoms with van der Waals surface area (Å²) in [7, 11) is 0. The van der Waals surface area contributed by atoms with Gasteiger partial charge in [-0.05, 0) is 32.4 Å². The van der Waals surface area contributed by atoms with Gasteiger partial charge in [-0.15, -0.1) is 12.4 Å². The molecule has 2 N–H and O–H groups in total. The van der Waals surface area contributed by atoms with E-state index in [0.717, 1.165) is 30.9 Å². The molecule has 0 aliphatic rings. The molecule has 6 heteroatoms. The molecule has 0 aliphatic carbocycles. The normalized spacial score (nSPS) is 9.84. The smallest absolute Gasteiger partial charge is 0.253 e. The Bertz CT molecular complexity index is 398. The van der Waals surface area contributed by atoms with E-state index in [1.165, 1.54) is 0 Å². The Morgan fingerprint density at radius 2 is 1.95 bits per heavy atom. The van der Waals surface area contributed by atoms with Crippen molar-refractivity contribution in [2.75, 3.05) is 19.6 Å². The van der Waals surface area contributed by atoms with Crippen LogP contribution in [0, 0.1) is 6.92 Å². The zero-order chi connectivity index (χ0) is 13.4. The number of aryl methyl sites for hydroxylation is 2. The van der Waals surface area contributed by atoms with E-state index < -0.39 is 0 Å². The third-order valence-corrected chi connectivity index (χ3v) is 2.59. The summed E-state index contributed by atoms with van der Waals surface area (Å²) in [6.07, 6.45) is 1.81. The molecule has 0 aromatic carbocycles. The highest BCUT2D eigenvalue weighted by molar-refractivity contribution is 5.95. The van der Waals surface area contributed by atoms with Crippen LogP contribution in [-0.2, 0) is 6.42 Å². The topological polar surface area (TPSA) is 66.9 Å². The van der Waals surface area contributed by atoms with Crippen LogP contribution >= 0.6 is 12.4 Å². The Kier molecular flexibility index (Phi) is 9.08. The van der Waals surface area contributed by atoms with Crippen molar-refractivity contribution in [1.29, 1.82) is 0 Å². The molecule has 108 valence electrons. The number of amides is 1. The van der Waals surface area contributed by atoms with Crippen molar-refractivity contribution < 1.29 is 4.79 Å². The average Bonchev–Trinajstić information content (AvgIpc) is 2.38. The molecule has 0 unspecified atom stereocenters. The van der Waals surface area contributed by atoms with Gasteiger partial charge in [0.1, 0.15) is 0 Å². The Hall–Kier alpha value is -1.20. The molecule has 1 amide bonds. The maximum absolute atomic E-state index is 12.0. The molecule has 0 aliphatic heterocycles. The van der Waals surface area contributed by atoms with E-state index in [9.17, 15) is 4.79 Å². The first-order valence-corrected chi connectivity index (χ1v) is 6.51. The minimum absolute atomic E-state index is 0. The molecule has 5 nitrogen and oxygen atoms in total. The van der Waals surface area contributed by atoms with E-state index in [1.54, 1.807) is 6.07 Å². The van der Waals surface area contributed by atoms with Crippen LogP contribution in [-0.4, -0.2) is 35.7 Å². The van der Waals surface area contributed by atoms with Crippen LogP contribution in [0.3, 0.4) is 0 Å². The molecule has 0 atom stereocenters. The van der Waals surface area contributed by atoms with E-state index in [4.69, 9.17) is 0 Å². The predicted molar refractivity (Wildman–Crippen MR) is 78.9 cm³/mol. The van der Waals surface area contributed by atoms with Gasteiger partial charge in [0.05, 0.1) is 17.0 Å². The maximum atomic E-state index is 12.0. The minimum Gasteiger partial charge on any atom is -0.351 e. The fourth-order valence-corrected chi connectivity index (χ4v) is 1.63. The van der Waals surface area contributed by atoms with Crippen LogP contribution in [0.2, 0.25) is 0 Å². The largest absolute Gasteiger partial charge is 0.351 e. The number of aromatic nitrogens is 2. The molecular weight excluding hydrogens is 264 g/mol. The Morgan fingerprint density at radius 1 is 1.21 bits per heavy atom. The zero-order valence-electron chi connectivity index (χ0n) is 11.8. The number of hydrogen-bond donors (Lipinski definition) is 2. The number of halogens is 1. The highest BCUT2D eigenvalue weighted by Gasteiger charge is 2.11. The molecule has 19 heavy (non-hydrogen) atoms. The molecule has 1 rings (SSSR count). The van der Waals surface area contributed by atoms with Crippen molar-refractivity contribution in [3.05, 3.63) is 23.0 Å². The number of hydrogen-bond acceptors (Lipinski definition) is 4. The number of nitrogens with zero attached hydrogens (tertiary/aromatic N) is 2. The predicted octanol–water partition coefficient (Wildman–Crippen LogP) is 1.50. The quantitative estimate of drug-likeness (QED) is 0.746. The van der Waals surface area contributed by atoms with Crippen LogP contribution in [0.25, 0.3) is 0 Å². The number of rotatable bonds is 7. The number of carbonyl (C=O) groups is 1. The molecule has 0 bridgehead atoms. The monoisotopic (exact) mass is 286 g/mol. The van der Waals surface area contributed by atoms with Gasteiger partial charge in [-0.1, -0.05) is 13.8 Å². The second kappa shape index (κ2) is 9.69. The van der Waals surface area contributed by atoms with Gasteiger partial charge in [0, 0.05) is 13.1 Å². The molecule has 0 radical (unpaired) electrons. The number of nitrogens with one attached hydrogen (secondary N) is 2. The van der Waals surface area contributed by atoms with Crippen LogP contribution in [0.4, 0.5) is 0 Å². The summed E-state index contributed by atoms with van der Waals surface area (Å²) in [6.45, 7) is 8.32. The van der Waals surface area contributed by atoms with Gasteiger partial charge >= 0.3 is 0 Å². The summed E-state index contributed by atoms with van der Waals surface area (Å²) in [5.74, 6) is -0.0665. The van der Waals surface area contributed by atoms with Crippen LogP contribution < -0.4 is 10.6 Å². The van der Waals surface area contributed by atoms with Crippen LogP contribution in [0.1, 0.15) is 42.0 Å². The van der Waals surface area contributed by atoms with E-state index in [-0.39, 0.29) is 18.3 Å². The van der Waals surface area contributed by atoms with E-state index in [1.807, 2.05) is 13.8 Å². The Morgan fingerprint density at radius 3 is 2.58 bits per heavy atom. The van der Waals surface area contributed by atoms with Gasteiger partial charge in [-0.3, -0.25) is 4.79 Å². The summed E-state index contributed by atoms with van der Waals surface area (Å²) in [6, 6.07) is 1.79. The van der Waals surface area contributed by atoms with Crippen molar-refractivity contribution in [3.8, 4) is 0 Å². The first-order valence-electron chi connectivity index (χ1n) is 6.51. The summed E-state index contributed by atoms with van der Waals surface area (Å²) < 4.78 is 0. The van der Waals surface area contributed by atoms with Gasteiger partial charge in [0.2, 0.25) is 0 Å². The standard InChI is InChI=1S/C13H22N4O.ClH/c1-4-6-14-7-8-15-13(18)11-9-10(3)16-17-12(11)5-2;/h9,14H,4-8H2,1-3H3,(H,15,18);1H. The van der Waals surface area contributed by atoms with Crippen molar-refractivity contribution >= 4 is 18.3 Å². The van der Waals surface area contributed by atoms with E-state index in [2.05, 4.69) is 27.8 Å². The fraction of sp³-hybridized carbons (Fsp3) is 0.615. The van der Waals surface area contributed by atoms with Crippen molar-refractivity contribution in [3.63, 3.8) is 0 Å². The average molecular weight is 287 g/mol. The Labute approximate surface area is 121 Å². The molecule has 1 aromatic heterocycles. The second-order valence-corrected chi connectivity index (χ2v) is 4.21. The van der Waals surface area contributed by atoms with Gasteiger partial charge in [0.15, 0.2) is 0 Å². The molecule has 0 spiro atoms. The lowest BCUT2D eigenvalue weighted by molar-refractivity contribution is 0.0952. The highest BCUT2D eigenvalue weighted by Crippen LogP contribution is 2.06. The lowest BCUT2D eigenvalue weighted by Crippen LogP contribution is -2.32. The van der Waals surface area contributed by atoms with Crippen molar-refractivity contribution in [2.24, 2.45) is 0 Å². The maximum Gasteiger partial charge on any atom is 0.253 e. The highest BCUT2D eigenvalue weighted by atomic mass is 35.5. The molecule has 0 fully saturated rings. The van der Waals surface area contributed by atoms with Crippen LogP contribution in [0.5, 0.6) is 0 Å². The van der Waals surface area contributed by atoms with Gasteiger partial charge in [-0.2, -0.15) is 10.2 Å². The van der Waals surface area contributed by atoms with Gasteiger partial charge in [-0.25, -0.2) is 0 Å². The van der Waals surface area contributed by atoms with Crippen molar-refractivity contribution in [1.82, 2.24) is 20.8 Å². The lowest BCUT2D eigenvalue weighted by atomic mass is 10.1. The second-order valence-electron chi connectivity index (χ2n) is 4.21. The first-order chi connectivity index (χ1) is 8.69. The molecular formula is C13H23ClN4O. The molecule has 1 aromatic rings. The lowest BCUT2D eigenvalue weighted by Gasteiger charge is -2.09. The van der Waals surface area contributed by atoms with Crippen molar-refractivity contribution in [2.45, 2.75) is 33.6 Å². The first kappa shape index (κ1) is 17.8. The zero-order valence-corrected chi connectivity index (χ0v) is 12.6. The SMILES string of the molecule is CCCNCCNC(=O)c1cc(C)nnc1CC.Cl. The van der Waals surface area contributed by atoms with E-state index in [0.29, 0.717) is 18.5 Å². The fourth-order valence-electron chi connectivity index (χ4n) is 1.63. The summed E-state index contributed by atoms with van der Waals surface area (Å²) in [5, 5.41) is 14.2. The van der Waals surface area contributed by atoms with Gasteiger partial charge in [0.25, 0.3) is 5.91 Å². The summed E-state index contributed by atoms with van der Waals surface area (Å²) in [4.78, 5) is 12.0. The Balaban J connectivity index is 0.00000324. The third-order valence-electron chi connectivity index (χ3n) is 2.59.